The largest absolute Gasteiger partial charge is 0.444 e. The van der Waals surface area contributed by atoms with Crippen LogP contribution in [0.15, 0.2) is 0 Å². The Morgan fingerprint density at radius 3 is 2.26 bits per heavy atom. The van der Waals surface area contributed by atoms with Gasteiger partial charge in [-0.2, -0.15) is 0 Å². The summed E-state index contributed by atoms with van der Waals surface area (Å²) >= 11 is 1.55. The summed E-state index contributed by atoms with van der Waals surface area (Å²) in [4.78, 5) is 28.6. The molecule has 1 aliphatic heterocycles. The van der Waals surface area contributed by atoms with Crippen LogP contribution in [0.4, 0.5) is 9.80 Å². The van der Waals surface area contributed by atoms with Crippen molar-refractivity contribution in [2.24, 2.45) is 0 Å². The highest BCUT2D eigenvalue weighted by atomic mass is 32.1. The smallest absolute Gasteiger partial charge is 0.412 e. The first-order valence-corrected chi connectivity index (χ1v) is 11.1. The van der Waals surface area contributed by atoms with Crippen molar-refractivity contribution in [3.63, 3.8) is 0 Å². The summed E-state index contributed by atoms with van der Waals surface area (Å²) in [5.41, 5.74) is 1.31. The van der Waals surface area contributed by atoms with E-state index in [0.717, 1.165) is 57.2 Å². The van der Waals surface area contributed by atoms with E-state index in [2.05, 4.69) is 5.32 Å². The molecular weight excluding hydrogens is 360 g/mol. The zero-order chi connectivity index (χ0) is 20.0. The first-order valence-electron chi connectivity index (χ1n) is 10.3. The Morgan fingerprint density at radius 1 is 1.00 bits per heavy atom. The molecule has 5 nitrogen and oxygen atoms in total. The fraction of sp³-hybridized carbons (Fsp3) is 0.714. The normalized spacial score (nSPS) is 16.7. The third-order valence-corrected chi connectivity index (χ3v) is 5.85. The number of hydrogen-bond donors (Lipinski definition) is 1. The Balaban J connectivity index is 0.00000126. The number of hydrogen-bond acceptors (Lipinski definition) is 4. The highest BCUT2D eigenvalue weighted by molar-refractivity contribution is 7.17. The van der Waals surface area contributed by atoms with Gasteiger partial charge in [0.25, 0.3) is 5.91 Å². The molecule has 0 spiro atoms. The summed E-state index contributed by atoms with van der Waals surface area (Å²) in [6, 6.07) is 0. The standard InChI is InChI=1S/C19H28N2O3S.C2H6/c1-19(2,3)24-18(23)20-16-15(13-9-5-6-10-14(13)25-16)17(22)21-11-7-4-8-12-21;1-2/h4-12H2,1-3H3,(H,20,23);1-2H3. The van der Waals surface area contributed by atoms with Crippen LogP contribution in [0.2, 0.25) is 0 Å². The molecule has 2 aliphatic rings. The zero-order valence-electron chi connectivity index (χ0n) is 17.4. The van der Waals surface area contributed by atoms with E-state index in [1.165, 1.54) is 11.3 Å². The van der Waals surface area contributed by atoms with E-state index < -0.39 is 11.7 Å². The van der Waals surface area contributed by atoms with Gasteiger partial charge < -0.3 is 9.64 Å². The van der Waals surface area contributed by atoms with E-state index in [-0.39, 0.29) is 5.91 Å². The molecule has 2 amide bonds. The maximum atomic E-state index is 13.2. The maximum Gasteiger partial charge on any atom is 0.412 e. The molecule has 0 bridgehead atoms. The number of ether oxygens (including phenoxy) is 1. The number of anilines is 1. The molecule has 2 heterocycles. The number of amides is 2. The molecule has 0 radical (unpaired) electrons. The number of carbonyl (C=O) groups is 2. The minimum Gasteiger partial charge on any atom is -0.444 e. The molecule has 1 aromatic heterocycles. The van der Waals surface area contributed by atoms with Crippen molar-refractivity contribution in [2.75, 3.05) is 18.4 Å². The second kappa shape index (κ2) is 9.58. The van der Waals surface area contributed by atoms with Crippen LogP contribution in [0.5, 0.6) is 0 Å². The average molecular weight is 395 g/mol. The molecule has 6 heteroatoms. The predicted molar refractivity (Wildman–Crippen MR) is 112 cm³/mol. The van der Waals surface area contributed by atoms with Crippen LogP contribution < -0.4 is 5.32 Å². The van der Waals surface area contributed by atoms with Gasteiger partial charge in [-0.05, 0) is 71.3 Å². The Labute approximate surface area is 167 Å². The topological polar surface area (TPSA) is 58.6 Å². The summed E-state index contributed by atoms with van der Waals surface area (Å²) in [7, 11) is 0. The SMILES string of the molecule is CC.CC(C)(C)OC(=O)Nc1sc2c(c1C(=O)N1CCCCC1)CCCC2. The van der Waals surface area contributed by atoms with Crippen molar-refractivity contribution in [3.8, 4) is 0 Å². The molecule has 1 saturated heterocycles. The Bertz CT molecular complexity index is 655. The summed E-state index contributed by atoms with van der Waals surface area (Å²) < 4.78 is 5.39. The number of thiophene rings is 1. The van der Waals surface area contributed by atoms with Gasteiger partial charge in [0, 0.05) is 18.0 Å². The monoisotopic (exact) mass is 394 g/mol. The molecule has 27 heavy (non-hydrogen) atoms. The van der Waals surface area contributed by atoms with E-state index in [9.17, 15) is 9.59 Å². The fourth-order valence-electron chi connectivity index (χ4n) is 3.53. The van der Waals surface area contributed by atoms with Gasteiger partial charge >= 0.3 is 6.09 Å². The molecule has 1 aliphatic carbocycles. The highest BCUT2D eigenvalue weighted by Crippen LogP contribution is 2.39. The predicted octanol–water partition coefficient (Wildman–Crippen LogP) is 5.63. The minimum atomic E-state index is -0.558. The molecule has 1 fully saturated rings. The van der Waals surface area contributed by atoms with Crippen molar-refractivity contribution >= 4 is 28.3 Å². The lowest BCUT2D eigenvalue weighted by atomic mass is 9.94. The lowest BCUT2D eigenvalue weighted by Gasteiger charge is -2.27. The molecule has 0 aromatic carbocycles. The first-order chi connectivity index (χ1) is 12.8. The van der Waals surface area contributed by atoms with Gasteiger partial charge in [-0.1, -0.05) is 13.8 Å². The molecule has 0 saturated carbocycles. The summed E-state index contributed by atoms with van der Waals surface area (Å²) in [5, 5.41) is 3.52. The van der Waals surface area contributed by atoms with Gasteiger partial charge in [0.2, 0.25) is 0 Å². The lowest BCUT2D eigenvalue weighted by Crippen LogP contribution is -2.36. The molecule has 1 N–H and O–H groups in total. The van der Waals surface area contributed by atoms with Crippen LogP contribution in [0.25, 0.3) is 0 Å². The summed E-state index contributed by atoms with van der Waals surface area (Å²) in [6.45, 7) is 11.1. The third-order valence-electron chi connectivity index (χ3n) is 4.64. The van der Waals surface area contributed by atoms with Crippen molar-refractivity contribution < 1.29 is 14.3 Å². The van der Waals surface area contributed by atoms with Crippen molar-refractivity contribution in [3.05, 3.63) is 16.0 Å². The van der Waals surface area contributed by atoms with Gasteiger partial charge in [-0.25, -0.2) is 4.79 Å². The van der Waals surface area contributed by atoms with Crippen LogP contribution in [0.1, 0.15) is 87.5 Å². The van der Waals surface area contributed by atoms with Crippen LogP contribution in [0.3, 0.4) is 0 Å². The summed E-state index contributed by atoms with van der Waals surface area (Å²) in [6.07, 6.45) is 7.01. The van der Waals surface area contributed by atoms with E-state index in [1.807, 2.05) is 39.5 Å². The van der Waals surface area contributed by atoms with Gasteiger partial charge in [0.05, 0.1) is 5.56 Å². The molecule has 0 unspecified atom stereocenters. The van der Waals surface area contributed by atoms with E-state index in [4.69, 9.17) is 4.74 Å². The number of nitrogens with one attached hydrogen (secondary N) is 1. The average Bonchev–Trinajstić information content (AvgIpc) is 2.99. The zero-order valence-corrected chi connectivity index (χ0v) is 18.3. The Morgan fingerprint density at radius 2 is 1.63 bits per heavy atom. The fourth-order valence-corrected chi connectivity index (χ4v) is 4.80. The van der Waals surface area contributed by atoms with Crippen molar-refractivity contribution in [1.29, 1.82) is 0 Å². The van der Waals surface area contributed by atoms with Crippen molar-refractivity contribution in [2.45, 2.75) is 85.2 Å². The second-order valence-corrected chi connectivity index (χ2v) is 9.00. The Hall–Kier alpha value is -1.56. The number of nitrogens with zero attached hydrogens (tertiary/aromatic N) is 1. The van der Waals surface area contributed by atoms with Crippen molar-refractivity contribution in [1.82, 2.24) is 4.90 Å². The van der Waals surface area contributed by atoms with E-state index >= 15 is 0 Å². The van der Waals surface area contributed by atoms with Gasteiger partial charge in [-0.3, -0.25) is 10.1 Å². The number of likely N-dealkylation sites (tertiary alicyclic amines) is 1. The second-order valence-electron chi connectivity index (χ2n) is 7.89. The van der Waals surface area contributed by atoms with Gasteiger partial charge in [0.1, 0.15) is 10.6 Å². The number of fused-ring (bicyclic) bond motifs is 1. The van der Waals surface area contributed by atoms with Crippen LogP contribution >= 0.6 is 11.3 Å². The van der Waals surface area contributed by atoms with Crippen LogP contribution in [-0.4, -0.2) is 35.6 Å². The molecule has 1 aromatic rings. The van der Waals surface area contributed by atoms with Gasteiger partial charge in [-0.15, -0.1) is 11.3 Å². The molecule has 3 rings (SSSR count). The maximum absolute atomic E-state index is 13.2. The molecular formula is C21H34N2O3S. The Kier molecular flexibility index (Phi) is 7.71. The van der Waals surface area contributed by atoms with E-state index in [0.29, 0.717) is 10.6 Å². The summed E-state index contributed by atoms with van der Waals surface area (Å²) in [5.74, 6) is 0.0742. The molecule has 152 valence electrons. The number of aryl methyl sites for hydroxylation is 1. The van der Waals surface area contributed by atoms with Gasteiger partial charge in [0.15, 0.2) is 0 Å². The number of piperidine rings is 1. The quantitative estimate of drug-likeness (QED) is 0.707. The number of rotatable bonds is 2. The van der Waals surface area contributed by atoms with Crippen LogP contribution in [-0.2, 0) is 17.6 Å². The highest BCUT2D eigenvalue weighted by Gasteiger charge is 2.30. The van der Waals surface area contributed by atoms with E-state index in [1.54, 1.807) is 11.3 Å². The van der Waals surface area contributed by atoms with Crippen LogP contribution in [0, 0.1) is 0 Å². The third kappa shape index (κ3) is 5.71. The minimum absolute atomic E-state index is 0.0742. The first kappa shape index (κ1) is 21.7. The number of carbonyl (C=O) groups excluding carboxylic acids is 2. The molecule has 0 atom stereocenters. The lowest BCUT2D eigenvalue weighted by molar-refractivity contribution is 0.0636.